The van der Waals surface area contributed by atoms with Crippen molar-refractivity contribution in [3.63, 3.8) is 0 Å². The van der Waals surface area contributed by atoms with Crippen LogP contribution >= 0.6 is 0 Å². The fourth-order valence-corrected chi connectivity index (χ4v) is 1.52. The van der Waals surface area contributed by atoms with Gasteiger partial charge in [-0.25, -0.2) is 0 Å². The van der Waals surface area contributed by atoms with E-state index in [1.165, 1.54) is 5.56 Å². The van der Waals surface area contributed by atoms with Gasteiger partial charge in [0.1, 0.15) is 5.75 Å². The van der Waals surface area contributed by atoms with Crippen LogP contribution in [0.5, 0.6) is 5.75 Å². The van der Waals surface area contributed by atoms with Crippen molar-refractivity contribution in [3.05, 3.63) is 29.8 Å². The average molecular weight is 188 g/mol. The largest absolute Gasteiger partial charge is 0.497 e. The molecule has 1 aromatic rings. The van der Waals surface area contributed by atoms with E-state index in [1.54, 1.807) is 7.11 Å². The molecule has 1 rings (SSSR count). The zero-order valence-corrected chi connectivity index (χ0v) is 8.79. The van der Waals surface area contributed by atoms with Crippen molar-refractivity contribution in [1.29, 1.82) is 0 Å². The lowest BCUT2D eigenvalue weighted by Crippen LogP contribution is -1.95. The topological polar surface area (TPSA) is 9.23 Å². The van der Waals surface area contributed by atoms with Crippen LogP contribution in [0.1, 0.15) is 31.2 Å². The van der Waals surface area contributed by atoms with E-state index in [0.29, 0.717) is 5.92 Å². The van der Waals surface area contributed by atoms with Gasteiger partial charge in [-0.3, -0.25) is 0 Å². The summed E-state index contributed by atoms with van der Waals surface area (Å²) < 4.78 is 5.10. The van der Waals surface area contributed by atoms with Gasteiger partial charge in [0, 0.05) is 6.42 Å². The maximum absolute atomic E-state index is 5.32. The Morgan fingerprint density at radius 2 is 2.00 bits per heavy atom. The molecule has 1 heteroatoms. The van der Waals surface area contributed by atoms with Crippen LogP contribution in [0.25, 0.3) is 0 Å². The molecule has 0 aliphatic carbocycles. The Hall–Kier alpha value is -1.42. The van der Waals surface area contributed by atoms with Crippen molar-refractivity contribution in [2.24, 2.45) is 0 Å². The van der Waals surface area contributed by atoms with Crippen molar-refractivity contribution in [2.45, 2.75) is 25.7 Å². The summed E-state index contributed by atoms with van der Waals surface area (Å²) in [5, 5.41) is 0. The highest BCUT2D eigenvalue weighted by Gasteiger charge is 2.07. The van der Waals surface area contributed by atoms with E-state index >= 15 is 0 Å². The van der Waals surface area contributed by atoms with Crippen molar-refractivity contribution >= 4 is 0 Å². The Balaban J connectivity index is 2.79. The summed E-state index contributed by atoms with van der Waals surface area (Å²) in [6.45, 7) is 2.16. The summed E-state index contributed by atoms with van der Waals surface area (Å²) in [7, 11) is 1.67. The lowest BCUT2D eigenvalue weighted by molar-refractivity contribution is 0.414. The molecule has 0 saturated heterocycles. The monoisotopic (exact) mass is 188 g/mol. The average Bonchev–Trinajstić information content (AvgIpc) is 2.26. The van der Waals surface area contributed by atoms with Gasteiger partial charge in [-0.1, -0.05) is 19.1 Å². The maximum Gasteiger partial charge on any atom is 0.118 e. The minimum Gasteiger partial charge on any atom is -0.497 e. The van der Waals surface area contributed by atoms with E-state index in [-0.39, 0.29) is 0 Å². The van der Waals surface area contributed by atoms with E-state index < -0.39 is 0 Å². The molecular formula is C13H16O. The second-order valence-corrected chi connectivity index (χ2v) is 3.29. The van der Waals surface area contributed by atoms with Gasteiger partial charge in [-0.2, -0.15) is 0 Å². The Kier molecular flexibility index (Phi) is 4.07. The molecule has 0 saturated carbocycles. The molecule has 0 aliphatic heterocycles. The van der Waals surface area contributed by atoms with Crippen molar-refractivity contribution in [2.75, 3.05) is 7.11 Å². The fraction of sp³-hybridized carbons (Fsp3) is 0.385. The van der Waals surface area contributed by atoms with Gasteiger partial charge in [0.25, 0.3) is 0 Å². The highest BCUT2D eigenvalue weighted by molar-refractivity contribution is 5.29. The van der Waals surface area contributed by atoms with Gasteiger partial charge in [-0.15, -0.1) is 12.3 Å². The van der Waals surface area contributed by atoms with Crippen LogP contribution in [0.3, 0.4) is 0 Å². The first-order valence-corrected chi connectivity index (χ1v) is 4.89. The van der Waals surface area contributed by atoms with Gasteiger partial charge >= 0.3 is 0 Å². The second kappa shape index (κ2) is 5.34. The summed E-state index contributed by atoms with van der Waals surface area (Å²) in [5.41, 5.74) is 1.30. The van der Waals surface area contributed by atoms with Crippen LogP contribution in [0, 0.1) is 12.3 Å². The third-order valence-electron chi connectivity index (χ3n) is 2.44. The van der Waals surface area contributed by atoms with E-state index in [4.69, 9.17) is 11.2 Å². The number of methoxy groups -OCH3 is 1. The molecule has 0 spiro atoms. The Bertz CT molecular complexity index is 305. The van der Waals surface area contributed by atoms with Gasteiger partial charge in [0.15, 0.2) is 0 Å². The number of hydrogen-bond donors (Lipinski definition) is 0. The van der Waals surface area contributed by atoms with Gasteiger partial charge in [0.2, 0.25) is 0 Å². The number of hydrogen-bond acceptors (Lipinski definition) is 1. The first-order chi connectivity index (χ1) is 6.81. The van der Waals surface area contributed by atoms with Crippen LogP contribution in [-0.4, -0.2) is 7.11 Å². The predicted molar refractivity (Wildman–Crippen MR) is 59.5 cm³/mol. The number of benzene rings is 1. The molecule has 1 atom stereocenters. The van der Waals surface area contributed by atoms with Crippen molar-refractivity contribution in [3.8, 4) is 18.1 Å². The summed E-state index contributed by atoms with van der Waals surface area (Å²) in [4.78, 5) is 0. The van der Waals surface area contributed by atoms with Gasteiger partial charge < -0.3 is 4.74 Å². The highest BCUT2D eigenvalue weighted by atomic mass is 16.5. The molecule has 0 aliphatic rings. The molecule has 0 N–H and O–H groups in total. The standard InChI is InChI=1S/C13H16O/c1-4-6-11(5-2)12-7-9-13(14-3)10-8-12/h1,7-11H,5-6H2,2-3H3. The van der Waals surface area contributed by atoms with E-state index in [2.05, 4.69) is 25.0 Å². The molecule has 1 nitrogen and oxygen atoms in total. The third kappa shape index (κ3) is 2.53. The third-order valence-corrected chi connectivity index (χ3v) is 2.44. The minimum absolute atomic E-state index is 0.478. The van der Waals surface area contributed by atoms with Crippen molar-refractivity contribution < 1.29 is 4.74 Å². The predicted octanol–water partition coefficient (Wildman–Crippen LogP) is 3.21. The minimum atomic E-state index is 0.478. The van der Waals surface area contributed by atoms with E-state index in [9.17, 15) is 0 Å². The summed E-state index contributed by atoms with van der Waals surface area (Å²) >= 11 is 0. The van der Waals surface area contributed by atoms with E-state index in [1.807, 2.05) is 12.1 Å². The molecule has 74 valence electrons. The first-order valence-electron chi connectivity index (χ1n) is 4.89. The van der Waals surface area contributed by atoms with Crippen LogP contribution in [0.2, 0.25) is 0 Å². The van der Waals surface area contributed by atoms with Crippen LogP contribution in [0.15, 0.2) is 24.3 Å². The normalized spacial score (nSPS) is 11.8. The quantitative estimate of drug-likeness (QED) is 0.659. The SMILES string of the molecule is C#CCC(CC)c1ccc(OC)cc1. The molecule has 0 fully saturated rings. The Morgan fingerprint density at radius 1 is 1.36 bits per heavy atom. The Morgan fingerprint density at radius 3 is 2.43 bits per heavy atom. The molecule has 0 aromatic heterocycles. The number of rotatable bonds is 4. The molecule has 0 bridgehead atoms. The molecule has 0 amide bonds. The fourth-order valence-electron chi connectivity index (χ4n) is 1.52. The molecule has 0 radical (unpaired) electrons. The molecular weight excluding hydrogens is 172 g/mol. The summed E-state index contributed by atoms with van der Waals surface area (Å²) in [5.74, 6) is 4.09. The number of ether oxygens (including phenoxy) is 1. The summed E-state index contributed by atoms with van der Waals surface area (Å²) in [6, 6.07) is 8.14. The lowest BCUT2D eigenvalue weighted by Gasteiger charge is -2.12. The Labute approximate surface area is 86.1 Å². The maximum atomic E-state index is 5.32. The number of terminal acetylenes is 1. The zero-order chi connectivity index (χ0) is 10.4. The van der Waals surface area contributed by atoms with Gasteiger partial charge in [-0.05, 0) is 30.0 Å². The smallest absolute Gasteiger partial charge is 0.118 e. The van der Waals surface area contributed by atoms with Crippen LogP contribution in [0.4, 0.5) is 0 Å². The van der Waals surface area contributed by atoms with Crippen molar-refractivity contribution in [1.82, 2.24) is 0 Å². The zero-order valence-electron chi connectivity index (χ0n) is 8.79. The van der Waals surface area contributed by atoms with Gasteiger partial charge in [0.05, 0.1) is 7.11 Å². The molecule has 14 heavy (non-hydrogen) atoms. The first kappa shape index (κ1) is 10.7. The van der Waals surface area contributed by atoms with Crippen LogP contribution < -0.4 is 4.74 Å². The lowest BCUT2D eigenvalue weighted by atomic mass is 9.94. The van der Waals surface area contributed by atoms with Crippen LogP contribution in [-0.2, 0) is 0 Å². The molecule has 1 unspecified atom stereocenters. The molecule has 1 aromatic carbocycles. The second-order valence-electron chi connectivity index (χ2n) is 3.29. The molecule has 0 heterocycles. The highest BCUT2D eigenvalue weighted by Crippen LogP contribution is 2.24. The van der Waals surface area contributed by atoms with E-state index in [0.717, 1.165) is 18.6 Å². The summed E-state index contributed by atoms with van der Waals surface area (Å²) in [6.07, 6.45) is 7.21.